The summed E-state index contributed by atoms with van der Waals surface area (Å²) in [6.45, 7) is 8.75. The fourth-order valence-corrected chi connectivity index (χ4v) is 8.22. The lowest BCUT2D eigenvalue weighted by Gasteiger charge is -2.54. The van der Waals surface area contributed by atoms with E-state index in [-0.39, 0.29) is 23.1 Å². The first-order chi connectivity index (χ1) is 21.2. The van der Waals surface area contributed by atoms with Gasteiger partial charge in [-0.15, -0.1) is 0 Å². The third-order valence-electron chi connectivity index (χ3n) is 10.4. The number of rotatable bonds is 8. The number of esters is 1. The lowest BCUT2D eigenvalue weighted by molar-refractivity contribution is -0.163. The van der Waals surface area contributed by atoms with Crippen molar-refractivity contribution in [2.45, 2.75) is 72.6 Å². The average Bonchev–Trinajstić information content (AvgIpc) is 3.68. The van der Waals surface area contributed by atoms with Gasteiger partial charge in [0, 0.05) is 11.1 Å². The summed E-state index contributed by atoms with van der Waals surface area (Å²) in [5.74, 6) is 0.276. The Bertz CT molecular complexity index is 1730. The van der Waals surface area contributed by atoms with Crippen LogP contribution in [-0.2, 0) is 16.0 Å². The molecule has 6 nitrogen and oxygen atoms in total. The second kappa shape index (κ2) is 11.7. The molecule has 0 radical (unpaired) electrons. The number of hydrogen-bond donors (Lipinski definition) is 0. The van der Waals surface area contributed by atoms with Crippen molar-refractivity contribution in [1.82, 2.24) is 9.78 Å². The molecule has 6 heteroatoms. The van der Waals surface area contributed by atoms with Crippen LogP contribution in [0.2, 0.25) is 0 Å². The van der Waals surface area contributed by atoms with Crippen molar-refractivity contribution in [3.05, 3.63) is 107 Å². The molecular weight excluding hydrogens is 548 g/mol. The molecule has 4 aromatic rings. The lowest BCUT2D eigenvalue weighted by Crippen LogP contribution is -2.50. The Labute approximate surface area is 260 Å². The molecule has 0 aliphatic heterocycles. The molecule has 2 aromatic carbocycles. The van der Waals surface area contributed by atoms with E-state index in [2.05, 4.69) is 39.8 Å². The number of hydrogen-bond acceptors (Lipinski definition) is 5. The van der Waals surface area contributed by atoms with Gasteiger partial charge in [0.05, 0.1) is 30.2 Å². The van der Waals surface area contributed by atoms with Crippen LogP contribution in [0.15, 0.2) is 88.6 Å². The van der Waals surface area contributed by atoms with E-state index < -0.39 is 5.41 Å². The maximum absolute atomic E-state index is 14.0. The summed E-state index contributed by atoms with van der Waals surface area (Å²) in [7, 11) is 1.51. The van der Waals surface area contributed by atoms with Gasteiger partial charge in [-0.25, -0.2) is 4.68 Å². The van der Waals surface area contributed by atoms with Gasteiger partial charge < -0.3 is 9.15 Å². The molecule has 2 heterocycles. The Kier molecular flexibility index (Phi) is 7.95. The van der Waals surface area contributed by atoms with Gasteiger partial charge in [-0.05, 0) is 101 Å². The molecule has 1 saturated carbocycles. The Balaban J connectivity index is 1.29. The number of benzene rings is 2. The summed E-state index contributed by atoms with van der Waals surface area (Å²) in [4.78, 5) is 27.0. The molecule has 0 amide bonds. The molecule has 0 N–H and O–H groups in total. The number of furan rings is 1. The molecule has 0 unspecified atom stereocenters. The highest BCUT2D eigenvalue weighted by Crippen LogP contribution is 2.60. The van der Waals surface area contributed by atoms with Crippen molar-refractivity contribution in [2.24, 2.45) is 16.7 Å². The van der Waals surface area contributed by atoms with Gasteiger partial charge in [0.25, 0.3) is 0 Å². The van der Waals surface area contributed by atoms with Gasteiger partial charge in [0.1, 0.15) is 5.69 Å². The predicted octanol–water partition coefficient (Wildman–Crippen LogP) is 8.70. The van der Waals surface area contributed by atoms with Crippen LogP contribution in [0, 0.1) is 23.7 Å². The smallest absolute Gasteiger partial charge is 0.311 e. The van der Waals surface area contributed by atoms with Crippen LogP contribution in [0.1, 0.15) is 86.7 Å². The molecule has 0 saturated heterocycles. The van der Waals surface area contributed by atoms with Crippen molar-refractivity contribution < 1.29 is 18.7 Å². The topological polar surface area (TPSA) is 74.3 Å². The summed E-state index contributed by atoms with van der Waals surface area (Å²) in [5.41, 5.74) is 7.40. The highest BCUT2D eigenvalue weighted by Gasteiger charge is 2.55. The number of allylic oxidation sites excluding steroid dienone is 2. The monoisotopic (exact) mass is 590 g/mol. The molecule has 2 aliphatic carbocycles. The predicted molar refractivity (Wildman–Crippen MR) is 172 cm³/mol. The number of ketones is 1. The Morgan fingerprint density at radius 1 is 1.00 bits per heavy atom. The summed E-state index contributed by atoms with van der Waals surface area (Å²) in [6, 6.07) is 21.9. The first-order valence-electron chi connectivity index (χ1n) is 15.8. The lowest BCUT2D eigenvalue weighted by atomic mass is 9.49. The van der Waals surface area contributed by atoms with E-state index in [0.29, 0.717) is 17.9 Å². The largest absolute Gasteiger partial charge is 0.469 e. The molecule has 6 rings (SSSR count). The van der Waals surface area contributed by atoms with Crippen molar-refractivity contribution >= 4 is 11.8 Å². The van der Waals surface area contributed by atoms with Gasteiger partial charge >= 0.3 is 5.97 Å². The molecular formula is C38H42N2O4. The fourth-order valence-electron chi connectivity index (χ4n) is 8.22. The van der Waals surface area contributed by atoms with Gasteiger partial charge in [-0.2, -0.15) is 5.10 Å². The van der Waals surface area contributed by atoms with Crippen LogP contribution in [0.4, 0.5) is 0 Å². The maximum atomic E-state index is 14.0. The number of para-hydroxylation sites is 1. The summed E-state index contributed by atoms with van der Waals surface area (Å²) in [5, 5.41) is 4.81. The van der Waals surface area contributed by atoms with Crippen molar-refractivity contribution in [1.29, 1.82) is 0 Å². The average molecular weight is 591 g/mol. The first-order valence-corrected chi connectivity index (χ1v) is 15.8. The molecule has 0 spiro atoms. The highest BCUT2D eigenvalue weighted by molar-refractivity contribution is 6.07. The Morgan fingerprint density at radius 2 is 1.80 bits per heavy atom. The van der Waals surface area contributed by atoms with Gasteiger partial charge in [-0.3, -0.25) is 9.59 Å². The molecule has 3 atom stereocenters. The normalized spacial score (nSPS) is 23.3. The van der Waals surface area contributed by atoms with E-state index in [1.165, 1.54) is 18.3 Å². The molecule has 1 fully saturated rings. The molecule has 2 aliphatic rings. The first kappa shape index (κ1) is 29.9. The van der Waals surface area contributed by atoms with E-state index in [9.17, 15) is 9.59 Å². The fraction of sp³-hybridized carbons (Fsp3) is 0.395. The van der Waals surface area contributed by atoms with Crippen LogP contribution in [0.5, 0.6) is 0 Å². The number of ether oxygens (including phenoxy) is 1. The third-order valence-corrected chi connectivity index (χ3v) is 10.4. The number of aryl methyl sites for hydroxylation is 2. The van der Waals surface area contributed by atoms with Crippen molar-refractivity contribution in [3.8, 4) is 16.9 Å². The van der Waals surface area contributed by atoms with E-state index in [1.54, 1.807) is 6.26 Å². The van der Waals surface area contributed by atoms with E-state index in [4.69, 9.17) is 14.3 Å². The van der Waals surface area contributed by atoms with Crippen molar-refractivity contribution in [2.75, 3.05) is 7.11 Å². The minimum Gasteiger partial charge on any atom is -0.469 e. The number of carbonyl (C=O) groups is 2. The molecule has 228 valence electrons. The van der Waals surface area contributed by atoms with Gasteiger partial charge in [0.2, 0.25) is 5.78 Å². The second-order valence-electron chi connectivity index (χ2n) is 13.2. The summed E-state index contributed by atoms with van der Waals surface area (Å²) < 4.78 is 13.0. The quantitative estimate of drug-likeness (QED) is 0.117. The Hall–Kier alpha value is -4.19. The third kappa shape index (κ3) is 5.14. The van der Waals surface area contributed by atoms with Crippen LogP contribution in [-0.4, -0.2) is 28.6 Å². The number of carbonyl (C=O) groups excluding carboxylic acids is 2. The molecule has 44 heavy (non-hydrogen) atoms. The number of fused-ring (bicyclic) bond motifs is 1. The zero-order valence-corrected chi connectivity index (χ0v) is 26.5. The standard InChI is InChI=1S/C38H42N2O4/c1-25-11-9-12-28(23-25)32-24-31(39-40(32)29-13-7-6-8-14-29)34(41)35-27(19-22-44-35)16-17-30-26(2)15-18-33-37(30,3)20-10-21-38(33,4)36(42)43-5/h6-9,11-14,19,22-24,33H,10,15-18,20-21H2,1-5H3/t33-,37-,38+/m1/s1. The highest BCUT2D eigenvalue weighted by atomic mass is 16.5. The minimum absolute atomic E-state index is 0.0748. The number of methoxy groups -OCH3 is 1. The van der Waals surface area contributed by atoms with E-state index in [0.717, 1.165) is 66.6 Å². The van der Waals surface area contributed by atoms with Crippen LogP contribution in [0.25, 0.3) is 16.9 Å². The number of aromatic nitrogens is 2. The van der Waals surface area contributed by atoms with E-state index >= 15 is 0 Å². The Morgan fingerprint density at radius 3 is 2.55 bits per heavy atom. The van der Waals surface area contributed by atoms with Gasteiger partial charge in [-0.1, -0.05) is 66.5 Å². The SMILES string of the molecule is COC(=O)[C@@]1(C)CCC[C@]2(C)C(CCc3ccoc3C(=O)c3cc(-c4cccc(C)c4)n(-c4ccccc4)n3)=C(C)CC[C@@H]12. The summed E-state index contributed by atoms with van der Waals surface area (Å²) >= 11 is 0. The van der Waals surface area contributed by atoms with Crippen LogP contribution >= 0.6 is 0 Å². The molecule has 0 bridgehead atoms. The molecule has 2 aromatic heterocycles. The zero-order chi connectivity index (χ0) is 31.1. The number of nitrogens with zero attached hydrogens (tertiary/aromatic N) is 2. The van der Waals surface area contributed by atoms with Crippen LogP contribution in [0.3, 0.4) is 0 Å². The second-order valence-corrected chi connectivity index (χ2v) is 13.2. The van der Waals surface area contributed by atoms with Gasteiger partial charge in [0.15, 0.2) is 5.76 Å². The van der Waals surface area contributed by atoms with E-state index in [1.807, 2.05) is 59.3 Å². The van der Waals surface area contributed by atoms with Crippen molar-refractivity contribution in [3.63, 3.8) is 0 Å². The minimum atomic E-state index is -0.475. The maximum Gasteiger partial charge on any atom is 0.311 e. The van der Waals surface area contributed by atoms with Crippen LogP contribution < -0.4 is 0 Å². The zero-order valence-electron chi connectivity index (χ0n) is 26.5. The summed E-state index contributed by atoms with van der Waals surface area (Å²) in [6.07, 6.45) is 8.03.